The van der Waals surface area contributed by atoms with Gasteiger partial charge in [0.2, 0.25) is 0 Å². The fourth-order valence-corrected chi connectivity index (χ4v) is 2.81. The fourth-order valence-electron chi connectivity index (χ4n) is 2.81. The summed E-state index contributed by atoms with van der Waals surface area (Å²) < 4.78 is 5.33. The Hall–Kier alpha value is -0.570. The second-order valence-corrected chi connectivity index (χ2v) is 5.12. The van der Waals surface area contributed by atoms with Crippen LogP contribution in [0.4, 0.5) is 0 Å². The van der Waals surface area contributed by atoms with Crippen molar-refractivity contribution in [1.29, 1.82) is 0 Å². The Labute approximate surface area is 97.9 Å². The highest BCUT2D eigenvalue weighted by molar-refractivity contribution is 5.75. The van der Waals surface area contributed by atoms with E-state index in [9.17, 15) is 4.79 Å². The molecule has 3 unspecified atom stereocenters. The molecule has 3 aliphatic rings. The molecule has 92 valence electrons. The molecule has 3 fully saturated rings. The third kappa shape index (κ3) is 2.57. The SMILES string of the molecule is CCCCCCCOC(=O)C1C2CNC1C2. The van der Waals surface area contributed by atoms with Crippen molar-refractivity contribution in [1.82, 2.24) is 5.32 Å². The minimum absolute atomic E-state index is 0.0433. The molecule has 1 saturated carbocycles. The zero-order chi connectivity index (χ0) is 11.4. The first-order valence-corrected chi connectivity index (χ1v) is 6.73. The zero-order valence-corrected chi connectivity index (χ0v) is 10.2. The summed E-state index contributed by atoms with van der Waals surface area (Å²) in [5.74, 6) is 0.787. The molecule has 1 aliphatic carbocycles. The van der Waals surface area contributed by atoms with Gasteiger partial charge in [-0.2, -0.15) is 0 Å². The number of nitrogens with one attached hydrogen (secondary N) is 1. The Morgan fingerprint density at radius 2 is 2.12 bits per heavy atom. The van der Waals surface area contributed by atoms with Crippen LogP contribution in [0.15, 0.2) is 0 Å². The standard InChI is InChI=1S/C13H23NO2/c1-2-3-4-5-6-7-16-13(15)12-10-8-11(12)14-9-10/h10-12,14H,2-9H2,1H3. The van der Waals surface area contributed by atoms with E-state index < -0.39 is 0 Å². The Balaban J connectivity index is 1.52. The van der Waals surface area contributed by atoms with Gasteiger partial charge in [0.1, 0.15) is 0 Å². The van der Waals surface area contributed by atoms with Crippen molar-refractivity contribution in [2.75, 3.05) is 13.2 Å². The monoisotopic (exact) mass is 225 g/mol. The Kier molecular flexibility index (Phi) is 4.22. The molecular formula is C13H23NO2. The predicted octanol–water partition coefficient (Wildman–Crippen LogP) is 2.11. The molecule has 0 spiro atoms. The smallest absolute Gasteiger partial charge is 0.310 e. The van der Waals surface area contributed by atoms with Crippen LogP contribution in [0.3, 0.4) is 0 Å². The highest BCUT2D eigenvalue weighted by Crippen LogP contribution is 2.40. The van der Waals surface area contributed by atoms with Crippen molar-refractivity contribution in [3.05, 3.63) is 0 Å². The number of hydrogen-bond donors (Lipinski definition) is 1. The number of carbonyl (C=O) groups excluding carboxylic acids is 1. The van der Waals surface area contributed by atoms with E-state index in [0.29, 0.717) is 18.6 Å². The summed E-state index contributed by atoms with van der Waals surface area (Å²) in [4.78, 5) is 11.7. The molecule has 0 aromatic heterocycles. The second kappa shape index (κ2) is 5.67. The van der Waals surface area contributed by atoms with Gasteiger partial charge in [-0.15, -0.1) is 0 Å². The summed E-state index contributed by atoms with van der Waals surface area (Å²) in [6, 6.07) is 0.428. The number of hydrogen-bond acceptors (Lipinski definition) is 3. The lowest BCUT2D eigenvalue weighted by Crippen LogP contribution is -2.43. The van der Waals surface area contributed by atoms with Crippen LogP contribution in [-0.2, 0) is 9.53 Å². The molecule has 3 rings (SSSR count). The van der Waals surface area contributed by atoms with Gasteiger partial charge < -0.3 is 10.1 Å². The maximum atomic E-state index is 11.7. The van der Waals surface area contributed by atoms with E-state index in [1.54, 1.807) is 0 Å². The molecule has 16 heavy (non-hydrogen) atoms. The molecule has 0 aromatic carbocycles. The van der Waals surface area contributed by atoms with Crippen LogP contribution in [0.5, 0.6) is 0 Å². The quantitative estimate of drug-likeness (QED) is 0.532. The van der Waals surface area contributed by atoms with Gasteiger partial charge in [0.15, 0.2) is 0 Å². The third-order valence-electron chi connectivity index (χ3n) is 3.90. The van der Waals surface area contributed by atoms with Gasteiger partial charge in [-0.3, -0.25) is 4.79 Å². The largest absolute Gasteiger partial charge is 0.465 e. The van der Waals surface area contributed by atoms with Crippen LogP contribution in [0.1, 0.15) is 45.4 Å². The number of unbranched alkanes of at least 4 members (excludes halogenated alkanes) is 4. The van der Waals surface area contributed by atoms with Crippen LogP contribution < -0.4 is 5.32 Å². The van der Waals surface area contributed by atoms with Crippen molar-refractivity contribution in [2.45, 2.75) is 51.5 Å². The van der Waals surface area contributed by atoms with E-state index in [2.05, 4.69) is 12.2 Å². The average Bonchev–Trinajstić information content (AvgIpc) is 2.85. The number of esters is 1. The highest BCUT2D eigenvalue weighted by atomic mass is 16.5. The van der Waals surface area contributed by atoms with E-state index in [4.69, 9.17) is 4.74 Å². The maximum absolute atomic E-state index is 11.7. The third-order valence-corrected chi connectivity index (χ3v) is 3.90. The Morgan fingerprint density at radius 3 is 2.75 bits per heavy atom. The predicted molar refractivity (Wildman–Crippen MR) is 63.1 cm³/mol. The lowest BCUT2D eigenvalue weighted by molar-refractivity contribution is -0.153. The molecule has 0 amide bonds. The lowest BCUT2D eigenvalue weighted by Gasteiger charge is -2.32. The summed E-state index contributed by atoms with van der Waals surface area (Å²) >= 11 is 0. The van der Waals surface area contributed by atoms with E-state index in [1.165, 1.54) is 32.1 Å². The van der Waals surface area contributed by atoms with Crippen molar-refractivity contribution >= 4 is 5.97 Å². The van der Waals surface area contributed by atoms with Gasteiger partial charge in [-0.1, -0.05) is 32.6 Å². The summed E-state index contributed by atoms with van der Waals surface area (Å²) in [6.45, 7) is 3.85. The molecule has 2 aliphatic heterocycles. The van der Waals surface area contributed by atoms with Crippen molar-refractivity contribution in [3.63, 3.8) is 0 Å². The zero-order valence-electron chi connectivity index (χ0n) is 10.2. The number of rotatable bonds is 7. The molecule has 3 atom stereocenters. The van der Waals surface area contributed by atoms with Gasteiger partial charge in [0.25, 0.3) is 0 Å². The Bertz CT molecular complexity index is 228. The molecule has 0 radical (unpaired) electrons. The summed E-state index contributed by atoms with van der Waals surface area (Å²) in [7, 11) is 0. The maximum Gasteiger partial charge on any atom is 0.310 e. The summed E-state index contributed by atoms with van der Waals surface area (Å²) in [5.41, 5.74) is 0. The first-order valence-electron chi connectivity index (χ1n) is 6.73. The molecule has 2 heterocycles. The molecule has 0 aromatic rings. The first-order chi connectivity index (χ1) is 7.83. The van der Waals surface area contributed by atoms with E-state index in [0.717, 1.165) is 13.0 Å². The molecule has 1 N–H and O–H groups in total. The normalized spacial score (nSPS) is 31.2. The number of carbonyl (C=O) groups is 1. The van der Waals surface area contributed by atoms with Gasteiger partial charge >= 0.3 is 5.97 Å². The number of ether oxygens (including phenoxy) is 1. The van der Waals surface area contributed by atoms with Crippen LogP contribution in [0.2, 0.25) is 0 Å². The van der Waals surface area contributed by atoms with Crippen LogP contribution >= 0.6 is 0 Å². The molecular weight excluding hydrogens is 202 g/mol. The van der Waals surface area contributed by atoms with Gasteiger partial charge in [-0.25, -0.2) is 0 Å². The summed E-state index contributed by atoms with van der Waals surface area (Å²) in [6.07, 6.45) is 7.22. The van der Waals surface area contributed by atoms with E-state index in [1.807, 2.05) is 0 Å². The lowest BCUT2D eigenvalue weighted by atomic mass is 9.74. The second-order valence-electron chi connectivity index (χ2n) is 5.12. The van der Waals surface area contributed by atoms with Gasteiger partial charge in [0, 0.05) is 6.04 Å². The van der Waals surface area contributed by atoms with E-state index >= 15 is 0 Å². The average molecular weight is 225 g/mol. The van der Waals surface area contributed by atoms with Crippen molar-refractivity contribution < 1.29 is 9.53 Å². The molecule has 3 nitrogen and oxygen atoms in total. The van der Waals surface area contributed by atoms with Crippen molar-refractivity contribution in [2.24, 2.45) is 11.8 Å². The highest BCUT2D eigenvalue weighted by Gasteiger charge is 2.51. The topological polar surface area (TPSA) is 38.3 Å². The number of fused-ring (bicyclic) bond motifs is 1. The van der Waals surface area contributed by atoms with E-state index in [-0.39, 0.29) is 11.9 Å². The van der Waals surface area contributed by atoms with Crippen LogP contribution in [-0.4, -0.2) is 25.2 Å². The molecule has 3 heteroatoms. The molecule has 2 saturated heterocycles. The van der Waals surface area contributed by atoms with Crippen LogP contribution in [0, 0.1) is 11.8 Å². The minimum Gasteiger partial charge on any atom is -0.465 e. The Morgan fingerprint density at radius 1 is 1.31 bits per heavy atom. The van der Waals surface area contributed by atoms with Gasteiger partial charge in [0.05, 0.1) is 12.5 Å². The molecule has 2 bridgehead atoms. The fraction of sp³-hybridized carbons (Fsp3) is 0.923. The first kappa shape index (κ1) is 11.9. The van der Waals surface area contributed by atoms with Gasteiger partial charge in [-0.05, 0) is 25.3 Å². The minimum atomic E-state index is 0.0433. The summed E-state index contributed by atoms with van der Waals surface area (Å²) in [5, 5.41) is 3.34. The van der Waals surface area contributed by atoms with Crippen molar-refractivity contribution in [3.8, 4) is 0 Å². The van der Waals surface area contributed by atoms with Crippen LogP contribution in [0.25, 0.3) is 0 Å².